The van der Waals surface area contributed by atoms with Crippen molar-refractivity contribution in [3.63, 3.8) is 0 Å². The maximum absolute atomic E-state index is 12.4. The third-order valence-electron chi connectivity index (χ3n) is 3.66. The molecule has 4 heteroatoms. The molecule has 0 saturated heterocycles. The van der Waals surface area contributed by atoms with Crippen LogP contribution in [0.15, 0.2) is 41.1 Å². The number of benzene rings is 1. The first kappa shape index (κ1) is 13.2. The van der Waals surface area contributed by atoms with E-state index in [1.807, 2.05) is 38.1 Å². The van der Waals surface area contributed by atoms with Gasteiger partial charge in [0.2, 0.25) is 5.12 Å². The molecule has 0 bridgehead atoms. The molecule has 0 spiro atoms. The summed E-state index contributed by atoms with van der Waals surface area (Å²) in [6.07, 6.45) is 0.438. The minimum absolute atomic E-state index is 0.0439. The average Bonchev–Trinajstić information content (AvgIpc) is 2.72. The molecule has 0 saturated carbocycles. The topological polar surface area (TPSA) is 46.2 Å². The van der Waals surface area contributed by atoms with Crippen molar-refractivity contribution in [3.8, 4) is 0 Å². The molecule has 1 heterocycles. The van der Waals surface area contributed by atoms with Crippen LogP contribution in [-0.2, 0) is 4.79 Å². The van der Waals surface area contributed by atoms with Crippen LogP contribution in [0.5, 0.6) is 0 Å². The number of rotatable bonds is 2. The number of allylic oxidation sites excluding steroid dienone is 2. The monoisotopic (exact) mass is 285 g/mol. The second kappa shape index (κ2) is 4.94. The molecule has 1 aromatic rings. The number of Topliss-reactive ketones (excluding diaryl/α,β-unsaturated/α-hetero) is 1. The van der Waals surface area contributed by atoms with E-state index in [1.54, 1.807) is 0 Å². The second-order valence-corrected chi connectivity index (χ2v) is 6.09. The molecule has 1 aliphatic heterocycles. The molecule has 0 aromatic heterocycles. The normalized spacial score (nSPS) is 17.0. The highest BCUT2D eigenvalue weighted by Crippen LogP contribution is 2.39. The fourth-order valence-electron chi connectivity index (χ4n) is 2.66. The van der Waals surface area contributed by atoms with Gasteiger partial charge in [-0.25, -0.2) is 0 Å². The molecule has 3 rings (SSSR count). The van der Waals surface area contributed by atoms with Crippen molar-refractivity contribution < 1.29 is 9.59 Å². The Kier molecular flexibility index (Phi) is 3.26. The van der Waals surface area contributed by atoms with Crippen molar-refractivity contribution in [2.45, 2.75) is 20.3 Å². The van der Waals surface area contributed by atoms with Crippen molar-refractivity contribution in [3.05, 3.63) is 52.2 Å². The van der Waals surface area contributed by atoms with E-state index in [1.165, 1.54) is 11.8 Å². The van der Waals surface area contributed by atoms with E-state index in [0.29, 0.717) is 6.42 Å². The minimum atomic E-state index is 0.0439. The van der Waals surface area contributed by atoms with Crippen molar-refractivity contribution in [1.82, 2.24) is 5.32 Å². The lowest BCUT2D eigenvalue weighted by Crippen LogP contribution is -2.21. The van der Waals surface area contributed by atoms with Gasteiger partial charge in [0.05, 0.1) is 5.70 Å². The van der Waals surface area contributed by atoms with Crippen molar-refractivity contribution in [2.75, 3.05) is 5.75 Å². The van der Waals surface area contributed by atoms with Crippen molar-refractivity contribution >= 4 is 28.4 Å². The third-order valence-corrected chi connectivity index (χ3v) is 4.45. The summed E-state index contributed by atoms with van der Waals surface area (Å²) in [6.45, 7) is 3.86. The van der Waals surface area contributed by atoms with Gasteiger partial charge in [-0.05, 0) is 12.7 Å². The summed E-state index contributed by atoms with van der Waals surface area (Å²) in [5.74, 6) is 0.790. The molecular formula is C16H15NO2S. The SMILES string of the molecule is CCSC(=O)C1=C(C)NC2=C(C1)C(=O)c1ccccc12. The van der Waals surface area contributed by atoms with Gasteiger partial charge in [-0.1, -0.05) is 43.0 Å². The van der Waals surface area contributed by atoms with Gasteiger partial charge in [0, 0.05) is 34.4 Å². The number of carbonyl (C=O) groups excluding carboxylic acids is 2. The van der Waals surface area contributed by atoms with E-state index in [2.05, 4.69) is 5.32 Å². The summed E-state index contributed by atoms with van der Waals surface area (Å²) in [5, 5.41) is 3.32. The van der Waals surface area contributed by atoms with Crippen LogP contribution in [0.4, 0.5) is 0 Å². The summed E-state index contributed by atoms with van der Waals surface area (Å²) < 4.78 is 0. The predicted molar refractivity (Wildman–Crippen MR) is 81.3 cm³/mol. The number of hydrogen-bond acceptors (Lipinski definition) is 4. The molecule has 3 nitrogen and oxygen atoms in total. The molecule has 1 aromatic carbocycles. The summed E-state index contributed by atoms with van der Waals surface area (Å²) in [7, 11) is 0. The fourth-order valence-corrected chi connectivity index (χ4v) is 3.33. The molecule has 0 atom stereocenters. The molecule has 102 valence electrons. The van der Waals surface area contributed by atoms with E-state index < -0.39 is 0 Å². The predicted octanol–water partition coefficient (Wildman–Crippen LogP) is 3.14. The Balaban J connectivity index is 1.98. The molecule has 0 fully saturated rings. The highest BCUT2D eigenvalue weighted by atomic mass is 32.2. The number of nitrogens with one attached hydrogen (secondary N) is 1. The number of carbonyl (C=O) groups is 2. The van der Waals surface area contributed by atoms with E-state index in [0.717, 1.165) is 39.4 Å². The van der Waals surface area contributed by atoms with E-state index in [9.17, 15) is 9.59 Å². The smallest absolute Gasteiger partial charge is 0.217 e. The maximum Gasteiger partial charge on any atom is 0.217 e. The largest absolute Gasteiger partial charge is 0.358 e. The lowest BCUT2D eigenvalue weighted by molar-refractivity contribution is -0.108. The molecule has 1 aliphatic carbocycles. The first-order valence-electron chi connectivity index (χ1n) is 6.64. The molecule has 1 N–H and O–H groups in total. The standard InChI is InChI=1S/C16H15NO2S/c1-3-20-16(19)12-8-13-14(17-9(12)2)10-6-4-5-7-11(10)15(13)18/h4-7,17H,3,8H2,1-2H3. The second-order valence-electron chi connectivity index (χ2n) is 4.85. The Morgan fingerprint density at radius 3 is 2.70 bits per heavy atom. The Hall–Kier alpha value is -1.81. The van der Waals surface area contributed by atoms with E-state index in [4.69, 9.17) is 0 Å². The summed E-state index contributed by atoms with van der Waals surface area (Å²) in [4.78, 5) is 24.5. The van der Waals surface area contributed by atoms with Crippen LogP contribution in [0.3, 0.4) is 0 Å². The summed E-state index contributed by atoms with van der Waals surface area (Å²) >= 11 is 1.29. The lowest BCUT2D eigenvalue weighted by atomic mass is 9.98. The van der Waals surface area contributed by atoms with Gasteiger partial charge < -0.3 is 5.32 Å². The Bertz CT molecular complexity index is 685. The van der Waals surface area contributed by atoms with Crippen LogP contribution in [0.1, 0.15) is 36.2 Å². The summed E-state index contributed by atoms with van der Waals surface area (Å²) in [6, 6.07) is 7.59. The number of hydrogen-bond donors (Lipinski definition) is 1. The van der Waals surface area contributed by atoms with Crippen LogP contribution in [0.2, 0.25) is 0 Å². The maximum atomic E-state index is 12.4. The van der Waals surface area contributed by atoms with Gasteiger partial charge in [0.1, 0.15) is 0 Å². The number of fused-ring (bicyclic) bond motifs is 2. The van der Waals surface area contributed by atoms with Crippen LogP contribution < -0.4 is 5.32 Å². The van der Waals surface area contributed by atoms with Crippen LogP contribution >= 0.6 is 11.8 Å². The Morgan fingerprint density at radius 1 is 1.30 bits per heavy atom. The van der Waals surface area contributed by atoms with Gasteiger partial charge in [-0.3, -0.25) is 9.59 Å². The van der Waals surface area contributed by atoms with Crippen molar-refractivity contribution in [2.24, 2.45) is 0 Å². The number of ketones is 1. The van der Waals surface area contributed by atoms with E-state index >= 15 is 0 Å². The molecule has 0 unspecified atom stereocenters. The van der Waals surface area contributed by atoms with E-state index in [-0.39, 0.29) is 10.9 Å². The zero-order valence-corrected chi connectivity index (χ0v) is 12.3. The van der Waals surface area contributed by atoms with Gasteiger partial charge in [-0.15, -0.1) is 0 Å². The number of dihydropyridines is 1. The molecular weight excluding hydrogens is 270 g/mol. The number of thioether (sulfide) groups is 1. The van der Waals surface area contributed by atoms with Gasteiger partial charge in [-0.2, -0.15) is 0 Å². The highest BCUT2D eigenvalue weighted by Gasteiger charge is 2.34. The average molecular weight is 285 g/mol. The zero-order valence-electron chi connectivity index (χ0n) is 11.4. The van der Waals surface area contributed by atoms with Crippen LogP contribution in [0.25, 0.3) is 5.70 Å². The minimum Gasteiger partial charge on any atom is -0.358 e. The van der Waals surface area contributed by atoms with Crippen LogP contribution in [0, 0.1) is 0 Å². The Labute approximate surface area is 122 Å². The third kappa shape index (κ3) is 1.91. The molecule has 0 amide bonds. The fraction of sp³-hybridized carbons (Fsp3) is 0.250. The van der Waals surface area contributed by atoms with Gasteiger partial charge in [0.15, 0.2) is 5.78 Å². The first-order valence-corrected chi connectivity index (χ1v) is 7.63. The summed E-state index contributed by atoms with van der Waals surface area (Å²) in [5.41, 5.74) is 4.85. The highest BCUT2D eigenvalue weighted by molar-refractivity contribution is 8.14. The van der Waals surface area contributed by atoms with Gasteiger partial charge >= 0.3 is 0 Å². The first-order chi connectivity index (χ1) is 9.63. The molecule has 2 aliphatic rings. The van der Waals surface area contributed by atoms with Crippen molar-refractivity contribution in [1.29, 1.82) is 0 Å². The molecule has 20 heavy (non-hydrogen) atoms. The quantitative estimate of drug-likeness (QED) is 0.906. The van der Waals surface area contributed by atoms with Gasteiger partial charge in [0.25, 0.3) is 0 Å². The lowest BCUT2D eigenvalue weighted by Gasteiger charge is -2.20. The zero-order chi connectivity index (χ0) is 14.3. The molecule has 0 radical (unpaired) electrons. The Morgan fingerprint density at radius 2 is 2.00 bits per heavy atom. The van der Waals surface area contributed by atoms with Crippen LogP contribution in [-0.4, -0.2) is 16.7 Å².